The molecule has 0 heterocycles. The number of nitrogens with one attached hydrogen (secondary N) is 1. The van der Waals surface area contributed by atoms with Crippen LogP contribution in [-0.4, -0.2) is 44.8 Å². The Morgan fingerprint density at radius 1 is 1.03 bits per heavy atom. The quantitative estimate of drug-likeness (QED) is 0.388. The van der Waals surface area contributed by atoms with Gasteiger partial charge in [-0.15, -0.1) is 0 Å². The molecule has 1 N–H and O–H groups in total. The molecular weight excluding hydrogens is 566 g/mol. The van der Waals surface area contributed by atoms with E-state index in [-0.39, 0.29) is 23.0 Å². The number of likely N-dealkylation sites (N-methyl/N-ethyl adjacent to an activating group) is 1. The van der Waals surface area contributed by atoms with Crippen LogP contribution in [-0.2, 0) is 26.2 Å². The SMILES string of the molecule is CNC(=O)[C@@H](C)N(Cc1cccc(Br)c1)C(=O)CN(c1cccc(Cl)c1)S(=O)(=O)c1ccc(C)cc1. The van der Waals surface area contributed by atoms with Gasteiger partial charge >= 0.3 is 0 Å². The number of anilines is 1. The largest absolute Gasteiger partial charge is 0.357 e. The van der Waals surface area contributed by atoms with Crippen LogP contribution in [0.25, 0.3) is 0 Å². The summed E-state index contributed by atoms with van der Waals surface area (Å²) in [5.41, 5.74) is 1.93. The van der Waals surface area contributed by atoms with E-state index < -0.39 is 28.5 Å². The molecule has 3 rings (SSSR count). The average molecular weight is 593 g/mol. The summed E-state index contributed by atoms with van der Waals surface area (Å²) < 4.78 is 29.3. The summed E-state index contributed by atoms with van der Waals surface area (Å²) in [6.45, 7) is 3.05. The van der Waals surface area contributed by atoms with Crippen molar-refractivity contribution in [3.05, 3.63) is 93.4 Å². The van der Waals surface area contributed by atoms with Gasteiger partial charge in [0.05, 0.1) is 10.6 Å². The number of aryl methyl sites for hydroxylation is 1. The number of sulfonamides is 1. The monoisotopic (exact) mass is 591 g/mol. The van der Waals surface area contributed by atoms with E-state index in [4.69, 9.17) is 11.6 Å². The molecule has 190 valence electrons. The molecule has 0 bridgehead atoms. The smallest absolute Gasteiger partial charge is 0.264 e. The van der Waals surface area contributed by atoms with Crippen molar-refractivity contribution < 1.29 is 18.0 Å². The van der Waals surface area contributed by atoms with Gasteiger partial charge in [-0.1, -0.05) is 63.4 Å². The van der Waals surface area contributed by atoms with Crippen LogP contribution in [0.1, 0.15) is 18.1 Å². The number of benzene rings is 3. The lowest BCUT2D eigenvalue weighted by Crippen LogP contribution is -2.50. The molecule has 0 fully saturated rings. The van der Waals surface area contributed by atoms with Crippen molar-refractivity contribution in [1.29, 1.82) is 0 Å². The van der Waals surface area contributed by atoms with Crippen LogP contribution < -0.4 is 9.62 Å². The molecule has 0 aliphatic carbocycles. The minimum atomic E-state index is -4.13. The molecule has 0 saturated carbocycles. The predicted molar refractivity (Wildman–Crippen MR) is 145 cm³/mol. The Morgan fingerprint density at radius 2 is 1.69 bits per heavy atom. The first kappa shape index (κ1) is 27.7. The number of carbonyl (C=O) groups is 2. The lowest BCUT2D eigenvalue weighted by Gasteiger charge is -2.31. The Balaban J connectivity index is 2.03. The van der Waals surface area contributed by atoms with E-state index in [1.54, 1.807) is 37.3 Å². The van der Waals surface area contributed by atoms with E-state index in [0.717, 1.165) is 19.9 Å². The fourth-order valence-corrected chi connectivity index (χ4v) is 5.66. The van der Waals surface area contributed by atoms with Crippen LogP contribution >= 0.6 is 27.5 Å². The van der Waals surface area contributed by atoms with Crippen molar-refractivity contribution in [2.45, 2.75) is 31.3 Å². The van der Waals surface area contributed by atoms with Crippen molar-refractivity contribution in [1.82, 2.24) is 10.2 Å². The predicted octanol–water partition coefficient (Wildman–Crippen LogP) is 4.77. The highest BCUT2D eigenvalue weighted by atomic mass is 79.9. The highest BCUT2D eigenvalue weighted by molar-refractivity contribution is 9.10. The molecule has 0 radical (unpaired) electrons. The molecule has 0 unspecified atom stereocenters. The maximum atomic E-state index is 13.7. The molecule has 7 nitrogen and oxygen atoms in total. The Morgan fingerprint density at radius 3 is 2.31 bits per heavy atom. The number of carbonyl (C=O) groups excluding carboxylic acids is 2. The number of rotatable bonds is 9. The van der Waals surface area contributed by atoms with E-state index in [1.165, 1.54) is 30.1 Å². The molecular formula is C26H27BrClN3O4S. The van der Waals surface area contributed by atoms with Crippen molar-refractivity contribution in [2.75, 3.05) is 17.9 Å². The number of hydrogen-bond acceptors (Lipinski definition) is 4. The Hall–Kier alpha value is -2.88. The zero-order valence-electron chi connectivity index (χ0n) is 20.1. The van der Waals surface area contributed by atoms with E-state index in [9.17, 15) is 18.0 Å². The molecule has 0 aliphatic heterocycles. The first-order valence-corrected chi connectivity index (χ1v) is 13.7. The molecule has 0 aromatic heterocycles. The molecule has 0 saturated heterocycles. The zero-order valence-corrected chi connectivity index (χ0v) is 23.3. The summed E-state index contributed by atoms with van der Waals surface area (Å²) in [5.74, 6) is -0.907. The Bertz CT molecular complexity index is 1350. The van der Waals surface area contributed by atoms with Crippen LogP contribution in [0.3, 0.4) is 0 Å². The first-order valence-electron chi connectivity index (χ1n) is 11.1. The highest BCUT2D eigenvalue weighted by Gasteiger charge is 2.32. The molecule has 1 atom stereocenters. The summed E-state index contributed by atoms with van der Waals surface area (Å²) in [5, 5.41) is 2.89. The minimum absolute atomic E-state index is 0.0405. The fraction of sp³-hybridized carbons (Fsp3) is 0.231. The van der Waals surface area contributed by atoms with Gasteiger partial charge < -0.3 is 10.2 Å². The zero-order chi connectivity index (χ0) is 26.5. The molecule has 3 aromatic carbocycles. The van der Waals surface area contributed by atoms with Crippen molar-refractivity contribution in [2.24, 2.45) is 0 Å². The van der Waals surface area contributed by atoms with Crippen LogP contribution in [0.15, 0.2) is 82.2 Å². The summed E-state index contributed by atoms with van der Waals surface area (Å²) in [6, 6.07) is 19.2. The standard InChI is InChI=1S/C26H27BrClN3O4S/c1-18-10-12-24(13-11-18)36(34,35)31(23-9-5-8-22(28)15-23)17-25(32)30(19(2)26(33)29-3)16-20-6-4-7-21(27)14-20/h4-15,19H,16-17H2,1-3H3,(H,29,33)/t19-/m1/s1. The Labute approximate surface area is 225 Å². The van der Waals surface area contributed by atoms with E-state index in [0.29, 0.717) is 5.02 Å². The molecule has 0 spiro atoms. The summed E-state index contributed by atoms with van der Waals surface area (Å²) in [6.07, 6.45) is 0. The second-order valence-corrected chi connectivity index (χ2v) is 11.5. The third-order valence-electron chi connectivity index (χ3n) is 5.64. The summed E-state index contributed by atoms with van der Waals surface area (Å²) in [7, 11) is -2.64. The van der Waals surface area contributed by atoms with Crippen molar-refractivity contribution >= 4 is 55.1 Å². The van der Waals surface area contributed by atoms with Gasteiger partial charge in [-0.25, -0.2) is 8.42 Å². The van der Waals surface area contributed by atoms with Gasteiger partial charge in [0.2, 0.25) is 11.8 Å². The van der Waals surface area contributed by atoms with Gasteiger partial charge in [0.1, 0.15) is 12.6 Å². The third-order valence-corrected chi connectivity index (χ3v) is 8.16. The number of nitrogens with zero attached hydrogens (tertiary/aromatic N) is 2. The van der Waals surface area contributed by atoms with Gasteiger partial charge in [-0.3, -0.25) is 13.9 Å². The van der Waals surface area contributed by atoms with E-state index in [1.807, 2.05) is 31.2 Å². The van der Waals surface area contributed by atoms with Gasteiger partial charge in [0.15, 0.2) is 0 Å². The lowest BCUT2D eigenvalue weighted by atomic mass is 10.1. The fourth-order valence-electron chi connectivity index (χ4n) is 3.62. The van der Waals surface area contributed by atoms with Gasteiger partial charge in [0.25, 0.3) is 10.0 Å². The number of halogens is 2. The molecule has 2 amide bonds. The van der Waals surface area contributed by atoms with Crippen LogP contribution in [0.4, 0.5) is 5.69 Å². The van der Waals surface area contributed by atoms with Crippen molar-refractivity contribution in [3.8, 4) is 0 Å². The summed E-state index contributed by atoms with van der Waals surface area (Å²) >= 11 is 9.58. The molecule has 10 heteroatoms. The van der Waals surface area contributed by atoms with E-state index in [2.05, 4.69) is 21.2 Å². The lowest BCUT2D eigenvalue weighted by molar-refractivity contribution is -0.139. The van der Waals surface area contributed by atoms with Crippen LogP contribution in [0, 0.1) is 6.92 Å². The Kier molecular flexibility index (Phi) is 9.16. The summed E-state index contributed by atoms with van der Waals surface area (Å²) in [4.78, 5) is 27.6. The van der Waals surface area contributed by atoms with Gasteiger partial charge in [-0.2, -0.15) is 0 Å². The number of hydrogen-bond donors (Lipinski definition) is 1. The number of amides is 2. The van der Waals surface area contributed by atoms with Gasteiger partial charge in [0, 0.05) is 23.1 Å². The van der Waals surface area contributed by atoms with Crippen LogP contribution in [0.2, 0.25) is 5.02 Å². The third kappa shape index (κ3) is 6.66. The topological polar surface area (TPSA) is 86.8 Å². The molecule has 36 heavy (non-hydrogen) atoms. The van der Waals surface area contributed by atoms with Gasteiger partial charge in [-0.05, 0) is 61.9 Å². The van der Waals surface area contributed by atoms with Crippen molar-refractivity contribution in [3.63, 3.8) is 0 Å². The highest BCUT2D eigenvalue weighted by Crippen LogP contribution is 2.27. The maximum Gasteiger partial charge on any atom is 0.264 e. The molecule has 0 aliphatic rings. The second kappa shape index (κ2) is 11.9. The second-order valence-electron chi connectivity index (χ2n) is 8.25. The van der Waals surface area contributed by atoms with E-state index >= 15 is 0 Å². The normalized spacial score (nSPS) is 12.0. The minimum Gasteiger partial charge on any atom is -0.357 e. The first-order chi connectivity index (χ1) is 17.0. The molecule has 3 aromatic rings. The van der Waals surface area contributed by atoms with Crippen LogP contribution in [0.5, 0.6) is 0 Å². The maximum absolute atomic E-state index is 13.7. The average Bonchev–Trinajstić information content (AvgIpc) is 2.85.